The molecule has 112 valence electrons. The van der Waals surface area contributed by atoms with Gasteiger partial charge < -0.3 is 16.4 Å². The van der Waals surface area contributed by atoms with Gasteiger partial charge >= 0.3 is 0 Å². The van der Waals surface area contributed by atoms with Gasteiger partial charge in [0.25, 0.3) is 5.91 Å². The third-order valence-electron chi connectivity index (χ3n) is 3.62. The van der Waals surface area contributed by atoms with E-state index < -0.39 is 0 Å². The average Bonchev–Trinajstić information content (AvgIpc) is 2.72. The first kappa shape index (κ1) is 15.1. The third-order valence-corrected chi connectivity index (χ3v) is 4.62. The van der Waals surface area contributed by atoms with Crippen LogP contribution in [0, 0.1) is 5.92 Å². The zero-order valence-electron chi connectivity index (χ0n) is 12.4. The van der Waals surface area contributed by atoms with Gasteiger partial charge in [-0.3, -0.25) is 4.79 Å². The number of nitrogens with zero attached hydrogens (tertiary/aromatic N) is 1. The van der Waals surface area contributed by atoms with Crippen molar-refractivity contribution in [2.75, 3.05) is 11.1 Å². The Hall–Kier alpha value is -1.30. The van der Waals surface area contributed by atoms with E-state index >= 15 is 0 Å². The minimum absolute atomic E-state index is 0.0867. The lowest BCUT2D eigenvalue weighted by Gasteiger charge is -2.26. The lowest BCUT2D eigenvalue weighted by atomic mass is 9.87. The molecule has 20 heavy (non-hydrogen) atoms. The number of anilines is 2. The fourth-order valence-electron chi connectivity index (χ4n) is 2.46. The molecule has 1 amide bonds. The Morgan fingerprint density at radius 3 is 2.60 bits per heavy atom. The first-order chi connectivity index (χ1) is 9.45. The molecule has 0 spiro atoms. The number of hydrogen-bond donors (Lipinski definition) is 3. The van der Waals surface area contributed by atoms with E-state index in [0.29, 0.717) is 15.8 Å². The summed E-state index contributed by atoms with van der Waals surface area (Å²) >= 11 is 1.33. The quantitative estimate of drug-likeness (QED) is 0.798. The largest absolute Gasteiger partial charge is 0.382 e. The van der Waals surface area contributed by atoms with Gasteiger partial charge in [0.05, 0.1) is 0 Å². The highest BCUT2D eigenvalue weighted by molar-refractivity contribution is 7.18. The predicted molar refractivity (Wildman–Crippen MR) is 84.2 cm³/mol. The van der Waals surface area contributed by atoms with Crippen LogP contribution < -0.4 is 16.4 Å². The maximum Gasteiger partial charge on any atom is 0.265 e. The molecule has 2 rings (SSSR count). The molecular formula is C14H24N4OS. The van der Waals surface area contributed by atoms with Gasteiger partial charge in [-0.05, 0) is 45.4 Å². The molecule has 5 nitrogen and oxygen atoms in total. The summed E-state index contributed by atoms with van der Waals surface area (Å²) in [6.07, 6.45) is 4.48. The molecular weight excluding hydrogens is 272 g/mol. The van der Waals surface area contributed by atoms with Gasteiger partial charge in [0, 0.05) is 12.1 Å². The van der Waals surface area contributed by atoms with Crippen LogP contribution in [-0.4, -0.2) is 23.0 Å². The fraction of sp³-hybridized carbons (Fsp3) is 0.714. The van der Waals surface area contributed by atoms with E-state index in [0.717, 1.165) is 18.8 Å². The molecule has 0 unspecified atom stereocenters. The second-order valence-electron chi connectivity index (χ2n) is 5.96. The summed E-state index contributed by atoms with van der Waals surface area (Å²) < 4.78 is 0. The minimum Gasteiger partial charge on any atom is -0.382 e. The minimum atomic E-state index is -0.0867. The molecule has 0 bridgehead atoms. The van der Waals surface area contributed by atoms with Crippen LogP contribution in [0.4, 0.5) is 10.9 Å². The Bertz CT molecular complexity index is 464. The van der Waals surface area contributed by atoms with Crippen molar-refractivity contribution in [3.8, 4) is 0 Å². The summed E-state index contributed by atoms with van der Waals surface area (Å²) in [5.74, 6) is 1.01. The Morgan fingerprint density at radius 2 is 2.00 bits per heavy atom. The number of nitrogens with one attached hydrogen (secondary N) is 2. The van der Waals surface area contributed by atoms with Crippen molar-refractivity contribution in [1.29, 1.82) is 0 Å². The van der Waals surface area contributed by atoms with Crippen molar-refractivity contribution >= 4 is 28.2 Å². The molecule has 0 aromatic carbocycles. The van der Waals surface area contributed by atoms with Gasteiger partial charge in [-0.15, -0.1) is 0 Å². The van der Waals surface area contributed by atoms with Crippen LogP contribution in [-0.2, 0) is 0 Å². The zero-order valence-corrected chi connectivity index (χ0v) is 13.2. The third kappa shape index (κ3) is 3.85. The Morgan fingerprint density at radius 1 is 1.35 bits per heavy atom. The second kappa shape index (κ2) is 6.43. The number of thiazole rings is 1. The van der Waals surface area contributed by atoms with E-state index in [1.165, 1.54) is 24.2 Å². The molecule has 1 aliphatic rings. The topological polar surface area (TPSA) is 80.0 Å². The van der Waals surface area contributed by atoms with Gasteiger partial charge in [0.1, 0.15) is 10.7 Å². The number of hydrogen-bond acceptors (Lipinski definition) is 5. The lowest BCUT2D eigenvalue weighted by molar-refractivity contribution is 0.0928. The maximum absolute atomic E-state index is 12.3. The van der Waals surface area contributed by atoms with E-state index in [9.17, 15) is 4.79 Å². The summed E-state index contributed by atoms with van der Waals surface area (Å²) in [6, 6.07) is 0.554. The van der Waals surface area contributed by atoms with Gasteiger partial charge in [-0.2, -0.15) is 0 Å². The highest BCUT2D eigenvalue weighted by atomic mass is 32.1. The molecule has 0 radical (unpaired) electrons. The highest BCUT2D eigenvalue weighted by Gasteiger charge is 2.23. The summed E-state index contributed by atoms with van der Waals surface area (Å²) in [5, 5.41) is 6.97. The number of rotatable bonds is 4. The van der Waals surface area contributed by atoms with Crippen LogP contribution in [0.15, 0.2) is 0 Å². The molecule has 0 saturated heterocycles. The molecule has 1 fully saturated rings. The first-order valence-electron chi connectivity index (χ1n) is 7.29. The number of carbonyl (C=O) groups excluding carboxylic acids is 1. The number of amides is 1. The van der Waals surface area contributed by atoms with Crippen molar-refractivity contribution in [2.24, 2.45) is 5.92 Å². The molecule has 1 saturated carbocycles. The van der Waals surface area contributed by atoms with Crippen LogP contribution in [0.1, 0.15) is 56.1 Å². The van der Waals surface area contributed by atoms with E-state index in [-0.39, 0.29) is 18.0 Å². The van der Waals surface area contributed by atoms with Gasteiger partial charge in [0.2, 0.25) is 0 Å². The summed E-state index contributed by atoms with van der Waals surface area (Å²) in [5.41, 5.74) is 5.84. The van der Waals surface area contributed by atoms with Crippen LogP contribution in [0.3, 0.4) is 0 Å². The van der Waals surface area contributed by atoms with E-state index in [1.807, 2.05) is 13.8 Å². The molecule has 1 aromatic rings. The van der Waals surface area contributed by atoms with Crippen molar-refractivity contribution in [1.82, 2.24) is 10.3 Å². The van der Waals surface area contributed by atoms with Crippen LogP contribution in [0.25, 0.3) is 0 Å². The van der Waals surface area contributed by atoms with Crippen molar-refractivity contribution < 1.29 is 4.79 Å². The SMILES string of the molecule is CC1CCC(NC(=O)c2sc(NC(C)C)nc2N)CC1. The zero-order chi connectivity index (χ0) is 14.7. The number of carbonyl (C=O) groups is 1. The molecule has 1 aromatic heterocycles. The van der Waals surface area contributed by atoms with Gasteiger partial charge in [-0.25, -0.2) is 4.98 Å². The fourth-order valence-corrected chi connectivity index (χ4v) is 3.39. The van der Waals surface area contributed by atoms with Crippen molar-refractivity contribution in [2.45, 2.75) is 58.5 Å². The number of aromatic nitrogens is 1. The van der Waals surface area contributed by atoms with Crippen LogP contribution >= 0.6 is 11.3 Å². The number of nitrogens with two attached hydrogens (primary N) is 1. The van der Waals surface area contributed by atoms with E-state index in [2.05, 4.69) is 22.5 Å². The highest BCUT2D eigenvalue weighted by Crippen LogP contribution is 2.27. The monoisotopic (exact) mass is 296 g/mol. The molecule has 6 heteroatoms. The molecule has 4 N–H and O–H groups in total. The van der Waals surface area contributed by atoms with Crippen LogP contribution in [0.5, 0.6) is 0 Å². The Balaban J connectivity index is 1.96. The molecule has 0 atom stereocenters. The average molecular weight is 296 g/mol. The second-order valence-corrected chi connectivity index (χ2v) is 6.96. The summed E-state index contributed by atoms with van der Waals surface area (Å²) in [6.45, 7) is 6.32. The first-order valence-corrected chi connectivity index (χ1v) is 8.11. The molecule has 1 aliphatic carbocycles. The van der Waals surface area contributed by atoms with Gasteiger partial charge in [-0.1, -0.05) is 18.3 Å². The maximum atomic E-state index is 12.3. The summed E-state index contributed by atoms with van der Waals surface area (Å²) in [7, 11) is 0. The molecule has 0 aliphatic heterocycles. The lowest BCUT2D eigenvalue weighted by Crippen LogP contribution is -2.37. The normalized spacial score (nSPS) is 22.8. The Kier molecular flexibility index (Phi) is 4.86. The smallest absolute Gasteiger partial charge is 0.265 e. The summed E-state index contributed by atoms with van der Waals surface area (Å²) in [4.78, 5) is 17.0. The van der Waals surface area contributed by atoms with E-state index in [4.69, 9.17) is 5.73 Å². The molecule has 1 heterocycles. The van der Waals surface area contributed by atoms with E-state index in [1.54, 1.807) is 0 Å². The number of nitrogen functional groups attached to an aromatic ring is 1. The van der Waals surface area contributed by atoms with Crippen molar-refractivity contribution in [3.05, 3.63) is 4.88 Å². The Labute approximate surface area is 124 Å². The predicted octanol–water partition coefficient (Wildman–Crippen LogP) is 2.85. The van der Waals surface area contributed by atoms with Crippen LogP contribution in [0.2, 0.25) is 0 Å². The van der Waals surface area contributed by atoms with Gasteiger partial charge in [0.15, 0.2) is 5.13 Å². The van der Waals surface area contributed by atoms with Crippen molar-refractivity contribution in [3.63, 3.8) is 0 Å². The standard InChI is InChI=1S/C14H24N4OS/c1-8(2)16-14-18-12(15)11(20-14)13(19)17-10-6-4-9(3)5-7-10/h8-10H,4-7,15H2,1-3H3,(H,16,18)(H,17,19).